The standard InChI is InChI=1S/C19H46N6O8/c26-14-9-20(10-15-27)1-3-22(4-2-21(11-16-28)12-17-29)19-23(6-8-25(32)33)5-7-24(31)13-18-30/h26-33H,1-19H2. The first kappa shape index (κ1) is 32.4. The molecule has 0 aromatic heterocycles. The van der Waals surface area contributed by atoms with Gasteiger partial charge in [0.25, 0.3) is 0 Å². The van der Waals surface area contributed by atoms with Crippen LogP contribution < -0.4 is 0 Å². The summed E-state index contributed by atoms with van der Waals surface area (Å²) in [5.74, 6) is 0. The van der Waals surface area contributed by atoms with Crippen LogP contribution in [0.4, 0.5) is 0 Å². The smallest absolute Gasteiger partial charge is 0.0640 e. The summed E-state index contributed by atoms with van der Waals surface area (Å²) in [7, 11) is 0. The first-order valence-electron chi connectivity index (χ1n) is 11.4. The van der Waals surface area contributed by atoms with E-state index < -0.39 is 0 Å². The van der Waals surface area contributed by atoms with Gasteiger partial charge in [-0.05, 0) is 0 Å². The average molecular weight is 487 g/mol. The van der Waals surface area contributed by atoms with Gasteiger partial charge in [0.2, 0.25) is 0 Å². The van der Waals surface area contributed by atoms with Crippen LogP contribution in [-0.2, 0) is 0 Å². The fourth-order valence-electron chi connectivity index (χ4n) is 3.31. The van der Waals surface area contributed by atoms with Crippen molar-refractivity contribution in [3.63, 3.8) is 0 Å². The molecule has 0 fully saturated rings. The Labute approximate surface area is 196 Å². The maximum absolute atomic E-state index is 9.81. The van der Waals surface area contributed by atoms with Crippen LogP contribution >= 0.6 is 0 Å². The Morgan fingerprint density at radius 1 is 0.333 bits per heavy atom. The van der Waals surface area contributed by atoms with Crippen LogP contribution in [0.15, 0.2) is 0 Å². The summed E-state index contributed by atoms with van der Waals surface area (Å²) in [6.07, 6.45) is 0. The summed E-state index contributed by atoms with van der Waals surface area (Å²) in [6.45, 7) is 5.37. The fraction of sp³-hybridized carbons (Fsp3) is 1.00. The summed E-state index contributed by atoms with van der Waals surface area (Å²) >= 11 is 0. The minimum Gasteiger partial charge on any atom is -0.395 e. The van der Waals surface area contributed by atoms with E-state index in [0.29, 0.717) is 72.1 Å². The molecule has 0 spiro atoms. The molecule has 0 aromatic rings. The van der Waals surface area contributed by atoms with E-state index in [0.717, 1.165) is 5.06 Å². The van der Waals surface area contributed by atoms with Gasteiger partial charge >= 0.3 is 0 Å². The van der Waals surface area contributed by atoms with Crippen molar-refractivity contribution in [1.82, 2.24) is 29.9 Å². The first-order valence-corrected chi connectivity index (χ1v) is 11.4. The Morgan fingerprint density at radius 2 is 0.667 bits per heavy atom. The van der Waals surface area contributed by atoms with Crippen molar-refractivity contribution in [2.75, 3.05) is 125 Å². The molecule has 14 heteroatoms. The largest absolute Gasteiger partial charge is 0.395 e. The lowest BCUT2D eigenvalue weighted by molar-refractivity contribution is -0.307. The normalized spacial score (nSPS) is 12.5. The molecular weight excluding hydrogens is 440 g/mol. The van der Waals surface area contributed by atoms with Gasteiger partial charge in [-0.25, -0.2) is 0 Å². The SMILES string of the molecule is OCCN(O)CCN(CCN(O)O)CN(CCN(CCO)CCO)CCN(CCO)CCO. The average Bonchev–Trinajstić information content (AvgIpc) is 2.77. The van der Waals surface area contributed by atoms with E-state index in [2.05, 4.69) is 4.90 Å². The van der Waals surface area contributed by atoms with Gasteiger partial charge in [-0.15, -0.1) is 0 Å². The highest BCUT2D eigenvalue weighted by molar-refractivity contribution is 4.69. The summed E-state index contributed by atoms with van der Waals surface area (Å²) < 4.78 is 0. The van der Waals surface area contributed by atoms with Crippen molar-refractivity contribution < 1.29 is 41.2 Å². The minimum atomic E-state index is -0.180. The molecule has 0 unspecified atom stereocenters. The Bertz CT molecular complexity index is 398. The van der Waals surface area contributed by atoms with Gasteiger partial charge in [0.1, 0.15) is 0 Å². The Hall–Kier alpha value is -0.560. The molecular formula is C19H46N6O8. The highest BCUT2D eigenvalue weighted by atomic mass is 16.8. The second-order valence-electron chi connectivity index (χ2n) is 7.73. The van der Waals surface area contributed by atoms with Crippen molar-refractivity contribution in [1.29, 1.82) is 0 Å². The lowest BCUT2D eigenvalue weighted by Gasteiger charge is -2.34. The number of hydroxylamine groups is 4. The molecule has 0 heterocycles. The second kappa shape index (κ2) is 21.9. The summed E-state index contributed by atoms with van der Waals surface area (Å²) in [5.41, 5.74) is 0. The Balaban J connectivity index is 5.17. The maximum Gasteiger partial charge on any atom is 0.0640 e. The van der Waals surface area contributed by atoms with Crippen molar-refractivity contribution in [2.45, 2.75) is 0 Å². The highest BCUT2D eigenvalue weighted by Gasteiger charge is 2.16. The topological polar surface area (TPSA) is 181 Å². The van der Waals surface area contributed by atoms with Gasteiger partial charge in [-0.1, -0.05) is 5.23 Å². The lowest BCUT2D eigenvalue weighted by Crippen LogP contribution is -2.49. The predicted molar refractivity (Wildman–Crippen MR) is 120 cm³/mol. The molecule has 0 saturated carbocycles. The van der Waals surface area contributed by atoms with Crippen LogP contribution in [0, 0.1) is 0 Å². The molecule has 0 rings (SSSR count). The molecule has 0 aliphatic heterocycles. The molecule has 200 valence electrons. The van der Waals surface area contributed by atoms with Gasteiger partial charge in [0, 0.05) is 78.5 Å². The van der Waals surface area contributed by atoms with Gasteiger partial charge in [0.15, 0.2) is 0 Å². The number of nitrogens with zero attached hydrogens (tertiary/aromatic N) is 6. The first-order chi connectivity index (χ1) is 15.9. The molecule has 0 aliphatic rings. The van der Waals surface area contributed by atoms with Crippen LogP contribution in [0.25, 0.3) is 0 Å². The zero-order chi connectivity index (χ0) is 24.9. The van der Waals surface area contributed by atoms with Gasteiger partial charge in [0.05, 0.1) is 46.2 Å². The third-order valence-corrected chi connectivity index (χ3v) is 5.18. The molecule has 0 amide bonds. The second-order valence-corrected chi connectivity index (χ2v) is 7.73. The molecule has 0 aliphatic carbocycles. The van der Waals surface area contributed by atoms with Crippen LogP contribution in [0.2, 0.25) is 0 Å². The zero-order valence-electron chi connectivity index (χ0n) is 19.7. The van der Waals surface area contributed by atoms with Crippen LogP contribution in [0.1, 0.15) is 0 Å². The molecule has 33 heavy (non-hydrogen) atoms. The van der Waals surface area contributed by atoms with Crippen LogP contribution in [-0.4, -0.2) is 196 Å². The monoisotopic (exact) mass is 486 g/mol. The molecule has 0 aromatic carbocycles. The lowest BCUT2D eigenvalue weighted by atomic mass is 10.3. The van der Waals surface area contributed by atoms with E-state index in [4.69, 9.17) is 15.5 Å². The third kappa shape index (κ3) is 18.4. The summed E-state index contributed by atoms with van der Waals surface area (Å²) in [6, 6.07) is 0. The van der Waals surface area contributed by atoms with E-state index >= 15 is 0 Å². The molecule has 8 N–H and O–H groups in total. The Kier molecular flexibility index (Phi) is 21.6. The van der Waals surface area contributed by atoms with Gasteiger partial charge in [-0.2, -0.15) is 5.06 Å². The van der Waals surface area contributed by atoms with E-state index in [-0.39, 0.29) is 57.9 Å². The van der Waals surface area contributed by atoms with Crippen LogP contribution in [0.5, 0.6) is 0 Å². The van der Waals surface area contributed by atoms with E-state index in [9.17, 15) is 25.6 Å². The van der Waals surface area contributed by atoms with Crippen molar-refractivity contribution in [2.24, 2.45) is 0 Å². The number of hydrogen-bond donors (Lipinski definition) is 8. The van der Waals surface area contributed by atoms with Gasteiger partial charge < -0.3 is 30.7 Å². The van der Waals surface area contributed by atoms with Gasteiger partial charge in [-0.3, -0.25) is 30.0 Å². The summed E-state index contributed by atoms with van der Waals surface area (Å²) in [4.78, 5) is 7.94. The third-order valence-electron chi connectivity index (χ3n) is 5.18. The van der Waals surface area contributed by atoms with E-state index in [1.165, 1.54) is 0 Å². The molecule has 0 atom stereocenters. The summed E-state index contributed by atoms with van der Waals surface area (Å²) in [5, 5.41) is 75.2. The number of rotatable bonds is 24. The van der Waals surface area contributed by atoms with Crippen LogP contribution in [0.3, 0.4) is 0 Å². The minimum absolute atomic E-state index is 0.0209. The fourth-order valence-corrected chi connectivity index (χ4v) is 3.31. The molecule has 14 nitrogen and oxygen atoms in total. The number of aliphatic hydroxyl groups is 5. The predicted octanol–water partition coefficient (Wildman–Crippen LogP) is -4.11. The highest BCUT2D eigenvalue weighted by Crippen LogP contribution is 2.01. The zero-order valence-corrected chi connectivity index (χ0v) is 19.7. The molecule has 0 bridgehead atoms. The van der Waals surface area contributed by atoms with E-state index in [1.54, 1.807) is 0 Å². The maximum atomic E-state index is 9.81. The molecule has 0 radical (unpaired) electrons. The van der Waals surface area contributed by atoms with Crippen molar-refractivity contribution in [3.8, 4) is 0 Å². The number of hydrogen-bond acceptors (Lipinski definition) is 14. The molecule has 0 saturated heterocycles. The quantitative estimate of drug-likeness (QED) is 0.0487. The van der Waals surface area contributed by atoms with Crippen molar-refractivity contribution >= 4 is 0 Å². The Morgan fingerprint density at radius 3 is 1.03 bits per heavy atom. The number of aliphatic hydroxyl groups excluding tert-OH is 5. The van der Waals surface area contributed by atoms with Crippen molar-refractivity contribution in [3.05, 3.63) is 0 Å². The van der Waals surface area contributed by atoms with E-state index in [1.807, 2.05) is 14.7 Å².